The summed E-state index contributed by atoms with van der Waals surface area (Å²) >= 11 is 0. The normalized spacial score (nSPS) is 13.3. The van der Waals surface area contributed by atoms with Gasteiger partial charge in [0.2, 0.25) is 6.79 Å². The number of carbonyl (C=O) groups excluding carboxylic acids is 1. The quantitative estimate of drug-likeness (QED) is 0.913. The van der Waals surface area contributed by atoms with Gasteiger partial charge in [-0.25, -0.2) is 0 Å². The largest absolute Gasteiger partial charge is 0.497 e. The first kappa shape index (κ1) is 16.0. The van der Waals surface area contributed by atoms with E-state index in [0.717, 1.165) is 5.56 Å². The number of ether oxygens (including phenoxy) is 4. The lowest BCUT2D eigenvalue weighted by molar-refractivity contribution is 0.0939. The summed E-state index contributed by atoms with van der Waals surface area (Å²) in [6, 6.07) is 10.3. The number of methoxy groups -OCH3 is 2. The lowest BCUT2D eigenvalue weighted by Gasteiger charge is -2.18. The minimum absolute atomic E-state index is 0.178. The fraction of sp³-hybridized carbons (Fsp3) is 0.278. The van der Waals surface area contributed by atoms with Crippen molar-refractivity contribution in [2.75, 3.05) is 21.0 Å². The molecule has 0 unspecified atom stereocenters. The van der Waals surface area contributed by atoms with E-state index in [9.17, 15) is 4.79 Å². The molecule has 0 aliphatic carbocycles. The van der Waals surface area contributed by atoms with Crippen molar-refractivity contribution >= 4 is 5.91 Å². The molecule has 1 aliphatic heterocycles. The van der Waals surface area contributed by atoms with Gasteiger partial charge in [0, 0.05) is 11.1 Å². The van der Waals surface area contributed by atoms with Crippen LogP contribution in [0.3, 0.4) is 0 Å². The number of hydrogen-bond donors (Lipinski definition) is 1. The zero-order valence-corrected chi connectivity index (χ0v) is 13.8. The van der Waals surface area contributed by atoms with Gasteiger partial charge in [0.15, 0.2) is 11.5 Å². The van der Waals surface area contributed by atoms with Gasteiger partial charge in [-0.15, -0.1) is 0 Å². The Kier molecular flexibility index (Phi) is 4.46. The maximum atomic E-state index is 12.5. The van der Waals surface area contributed by atoms with Gasteiger partial charge in [0.05, 0.1) is 20.3 Å². The lowest BCUT2D eigenvalue weighted by atomic mass is 10.1. The maximum Gasteiger partial charge on any atom is 0.251 e. The Morgan fingerprint density at radius 1 is 1.08 bits per heavy atom. The van der Waals surface area contributed by atoms with Crippen LogP contribution < -0.4 is 24.3 Å². The van der Waals surface area contributed by atoms with Crippen LogP contribution in [-0.4, -0.2) is 26.9 Å². The first-order valence-corrected chi connectivity index (χ1v) is 7.55. The molecular formula is C18H19NO5. The van der Waals surface area contributed by atoms with E-state index in [4.69, 9.17) is 18.9 Å². The highest BCUT2D eigenvalue weighted by atomic mass is 16.7. The van der Waals surface area contributed by atoms with Gasteiger partial charge in [0.1, 0.15) is 11.5 Å². The molecule has 1 N–H and O–H groups in total. The first-order chi connectivity index (χ1) is 11.6. The third-order valence-corrected chi connectivity index (χ3v) is 3.89. The van der Waals surface area contributed by atoms with Crippen LogP contribution >= 0.6 is 0 Å². The summed E-state index contributed by atoms with van der Waals surface area (Å²) in [6.45, 7) is 2.07. The summed E-state index contributed by atoms with van der Waals surface area (Å²) in [7, 11) is 3.19. The molecular weight excluding hydrogens is 310 g/mol. The number of fused-ring (bicyclic) bond motifs is 1. The first-order valence-electron chi connectivity index (χ1n) is 7.55. The summed E-state index contributed by atoms with van der Waals surface area (Å²) in [6.07, 6.45) is 0. The van der Waals surface area contributed by atoms with Crippen LogP contribution in [0.2, 0.25) is 0 Å². The molecule has 0 bridgehead atoms. The number of benzene rings is 2. The van der Waals surface area contributed by atoms with Crippen molar-refractivity contribution in [1.82, 2.24) is 5.32 Å². The zero-order chi connectivity index (χ0) is 17.1. The van der Waals surface area contributed by atoms with E-state index in [1.54, 1.807) is 32.4 Å². The second kappa shape index (κ2) is 6.70. The number of hydrogen-bond acceptors (Lipinski definition) is 5. The molecule has 6 nitrogen and oxygen atoms in total. The van der Waals surface area contributed by atoms with Gasteiger partial charge < -0.3 is 24.3 Å². The van der Waals surface area contributed by atoms with Crippen molar-refractivity contribution in [3.8, 4) is 23.0 Å². The predicted octanol–water partition coefficient (Wildman–Crippen LogP) is 2.92. The van der Waals surface area contributed by atoms with E-state index in [0.29, 0.717) is 28.6 Å². The Labute approximate surface area is 140 Å². The van der Waals surface area contributed by atoms with Crippen LogP contribution in [0, 0.1) is 0 Å². The van der Waals surface area contributed by atoms with Crippen LogP contribution in [0.25, 0.3) is 0 Å². The monoisotopic (exact) mass is 329 g/mol. The molecule has 0 spiro atoms. The predicted molar refractivity (Wildman–Crippen MR) is 88.0 cm³/mol. The van der Waals surface area contributed by atoms with Gasteiger partial charge in [0.25, 0.3) is 5.91 Å². The summed E-state index contributed by atoms with van der Waals surface area (Å²) in [5.41, 5.74) is 1.35. The van der Waals surface area contributed by atoms with E-state index in [1.807, 2.05) is 25.1 Å². The third kappa shape index (κ3) is 3.08. The molecule has 0 radical (unpaired) electrons. The van der Waals surface area contributed by atoms with Gasteiger partial charge in [-0.1, -0.05) is 0 Å². The van der Waals surface area contributed by atoms with Crippen LogP contribution in [0.5, 0.6) is 23.0 Å². The van der Waals surface area contributed by atoms with E-state index >= 15 is 0 Å². The minimum Gasteiger partial charge on any atom is -0.497 e. The second-order valence-corrected chi connectivity index (χ2v) is 5.37. The maximum absolute atomic E-state index is 12.5. The highest BCUT2D eigenvalue weighted by Crippen LogP contribution is 2.33. The Morgan fingerprint density at radius 3 is 2.62 bits per heavy atom. The van der Waals surface area contributed by atoms with E-state index in [-0.39, 0.29) is 18.7 Å². The van der Waals surface area contributed by atoms with Crippen LogP contribution in [0.4, 0.5) is 0 Å². The van der Waals surface area contributed by atoms with Crippen molar-refractivity contribution < 1.29 is 23.7 Å². The van der Waals surface area contributed by atoms with Gasteiger partial charge in [-0.05, 0) is 43.3 Å². The smallest absolute Gasteiger partial charge is 0.251 e. The molecule has 1 aliphatic rings. The van der Waals surface area contributed by atoms with Crippen LogP contribution in [-0.2, 0) is 0 Å². The summed E-state index contributed by atoms with van der Waals surface area (Å²) in [5.74, 6) is 2.42. The SMILES string of the molecule is COc1ccc(OC)c([C@H](C)NC(=O)c2ccc3c(c2)OCO3)c1. The van der Waals surface area contributed by atoms with Crippen molar-refractivity contribution in [2.24, 2.45) is 0 Å². The second-order valence-electron chi connectivity index (χ2n) is 5.37. The molecule has 1 atom stereocenters. The molecule has 0 saturated heterocycles. The molecule has 3 rings (SSSR count). The number of carbonyl (C=O) groups is 1. The summed E-state index contributed by atoms with van der Waals surface area (Å²) < 4.78 is 21.2. The fourth-order valence-electron chi connectivity index (χ4n) is 2.57. The lowest BCUT2D eigenvalue weighted by Crippen LogP contribution is -2.26. The van der Waals surface area contributed by atoms with Gasteiger partial charge >= 0.3 is 0 Å². The van der Waals surface area contributed by atoms with Crippen molar-refractivity contribution in [3.63, 3.8) is 0 Å². The Hall–Kier alpha value is -2.89. The van der Waals surface area contributed by atoms with Crippen molar-refractivity contribution in [3.05, 3.63) is 47.5 Å². The Bertz CT molecular complexity index is 759. The highest BCUT2D eigenvalue weighted by molar-refractivity contribution is 5.95. The summed E-state index contributed by atoms with van der Waals surface area (Å²) in [5, 5.41) is 2.96. The Morgan fingerprint density at radius 2 is 1.88 bits per heavy atom. The number of rotatable bonds is 5. The molecule has 1 heterocycles. The van der Waals surface area contributed by atoms with Gasteiger partial charge in [-0.3, -0.25) is 4.79 Å². The third-order valence-electron chi connectivity index (χ3n) is 3.89. The zero-order valence-electron chi connectivity index (χ0n) is 13.8. The van der Waals surface area contributed by atoms with E-state index in [1.165, 1.54) is 0 Å². The average molecular weight is 329 g/mol. The summed E-state index contributed by atoms with van der Waals surface area (Å²) in [4.78, 5) is 12.5. The minimum atomic E-state index is -0.257. The van der Waals surface area contributed by atoms with Gasteiger partial charge in [-0.2, -0.15) is 0 Å². The molecule has 6 heteroatoms. The molecule has 0 aromatic heterocycles. The molecule has 2 aromatic carbocycles. The molecule has 2 aromatic rings. The van der Waals surface area contributed by atoms with Crippen molar-refractivity contribution in [2.45, 2.75) is 13.0 Å². The van der Waals surface area contributed by atoms with Crippen LogP contribution in [0.1, 0.15) is 28.9 Å². The molecule has 126 valence electrons. The highest BCUT2D eigenvalue weighted by Gasteiger charge is 2.19. The topological polar surface area (TPSA) is 66.0 Å². The molecule has 0 saturated carbocycles. The molecule has 1 amide bonds. The number of amides is 1. The average Bonchev–Trinajstić information content (AvgIpc) is 3.08. The molecule has 24 heavy (non-hydrogen) atoms. The Balaban J connectivity index is 1.79. The molecule has 0 fully saturated rings. The van der Waals surface area contributed by atoms with Crippen molar-refractivity contribution in [1.29, 1.82) is 0 Å². The van der Waals surface area contributed by atoms with E-state index in [2.05, 4.69) is 5.32 Å². The van der Waals surface area contributed by atoms with Crippen LogP contribution in [0.15, 0.2) is 36.4 Å². The standard InChI is InChI=1S/C18H19NO5/c1-11(14-9-13(21-2)5-7-15(14)22-3)19-18(20)12-4-6-16-17(8-12)24-10-23-16/h4-9,11H,10H2,1-3H3,(H,19,20)/t11-/m0/s1. The number of nitrogens with one attached hydrogen (secondary N) is 1. The fourth-order valence-corrected chi connectivity index (χ4v) is 2.57. The van der Waals surface area contributed by atoms with E-state index < -0.39 is 0 Å².